The van der Waals surface area contributed by atoms with Crippen LogP contribution in [0.4, 0.5) is 5.69 Å². The van der Waals surface area contributed by atoms with Crippen LogP contribution in [0.5, 0.6) is 0 Å². The van der Waals surface area contributed by atoms with Gasteiger partial charge in [0.25, 0.3) is 5.91 Å². The third-order valence-electron chi connectivity index (χ3n) is 4.88. The summed E-state index contributed by atoms with van der Waals surface area (Å²) in [6, 6.07) is 4.04. The van der Waals surface area contributed by atoms with E-state index in [1.54, 1.807) is 6.20 Å². The van der Waals surface area contributed by atoms with Gasteiger partial charge in [0, 0.05) is 38.1 Å². The molecular weight excluding hydrogens is 274 g/mol. The van der Waals surface area contributed by atoms with Crippen molar-refractivity contribution in [1.82, 2.24) is 9.88 Å². The number of carbonyl (C=O) groups excluding carboxylic acids is 1. The lowest BCUT2D eigenvalue weighted by atomic mass is 10.00. The van der Waals surface area contributed by atoms with Crippen molar-refractivity contribution in [3.8, 4) is 0 Å². The quantitative estimate of drug-likeness (QED) is 0.840. The molecule has 0 radical (unpaired) electrons. The number of hydrogen-bond donors (Lipinski definition) is 0. The molecule has 0 spiro atoms. The number of pyridine rings is 1. The van der Waals surface area contributed by atoms with Crippen molar-refractivity contribution in [1.29, 1.82) is 0 Å². The Morgan fingerprint density at radius 1 is 1.14 bits per heavy atom. The van der Waals surface area contributed by atoms with E-state index in [0.717, 1.165) is 38.3 Å². The first-order valence-corrected chi connectivity index (χ1v) is 8.74. The molecule has 0 N–H and O–H groups in total. The smallest absolute Gasteiger partial charge is 0.272 e. The Morgan fingerprint density at radius 2 is 1.91 bits per heavy atom. The molecule has 0 bridgehead atoms. The van der Waals surface area contributed by atoms with Crippen molar-refractivity contribution >= 4 is 11.6 Å². The van der Waals surface area contributed by atoms with E-state index >= 15 is 0 Å². The van der Waals surface area contributed by atoms with E-state index in [1.165, 1.54) is 32.1 Å². The first-order valence-electron chi connectivity index (χ1n) is 8.74. The van der Waals surface area contributed by atoms with Crippen LogP contribution in [-0.2, 0) is 0 Å². The number of hydrogen-bond acceptors (Lipinski definition) is 3. The number of anilines is 1. The lowest BCUT2D eigenvalue weighted by Crippen LogP contribution is -2.39. The predicted molar refractivity (Wildman–Crippen MR) is 89.2 cm³/mol. The third kappa shape index (κ3) is 3.60. The van der Waals surface area contributed by atoms with Crippen molar-refractivity contribution in [2.24, 2.45) is 5.92 Å². The van der Waals surface area contributed by atoms with Crippen molar-refractivity contribution in [2.45, 2.75) is 45.4 Å². The largest absolute Gasteiger partial charge is 0.371 e. The molecular formula is C18H27N3O. The van der Waals surface area contributed by atoms with Gasteiger partial charge in [-0.1, -0.05) is 19.8 Å². The number of piperidine rings is 1. The van der Waals surface area contributed by atoms with Crippen LogP contribution in [0.3, 0.4) is 0 Å². The summed E-state index contributed by atoms with van der Waals surface area (Å²) < 4.78 is 0. The fraction of sp³-hybridized carbons (Fsp3) is 0.667. The summed E-state index contributed by atoms with van der Waals surface area (Å²) in [6.45, 7) is 6.16. The molecule has 1 unspecified atom stereocenters. The molecule has 2 aliphatic heterocycles. The number of nitrogens with zero attached hydrogens (tertiary/aromatic N) is 3. The van der Waals surface area contributed by atoms with E-state index in [9.17, 15) is 4.79 Å². The lowest BCUT2D eigenvalue weighted by molar-refractivity contribution is 0.0677. The average molecular weight is 301 g/mol. The van der Waals surface area contributed by atoms with Crippen LogP contribution in [0.2, 0.25) is 0 Å². The molecule has 1 atom stereocenters. The molecule has 4 heteroatoms. The molecule has 2 fully saturated rings. The summed E-state index contributed by atoms with van der Waals surface area (Å²) in [5, 5.41) is 0. The summed E-state index contributed by atoms with van der Waals surface area (Å²) in [5.41, 5.74) is 1.76. The number of likely N-dealkylation sites (tertiary alicyclic amines) is 1. The second-order valence-corrected chi connectivity index (χ2v) is 6.80. The number of rotatable bonds is 2. The summed E-state index contributed by atoms with van der Waals surface area (Å²) in [6.07, 6.45) is 9.26. The van der Waals surface area contributed by atoms with Gasteiger partial charge in [-0.2, -0.15) is 0 Å². The highest BCUT2D eigenvalue weighted by Gasteiger charge is 2.23. The van der Waals surface area contributed by atoms with Crippen molar-refractivity contribution < 1.29 is 4.79 Å². The molecule has 4 nitrogen and oxygen atoms in total. The van der Waals surface area contributed by atoms with E-state index in [1.807, 2.05) is 17.0 Å². The fourth-order valence-corrected chi connectivity index (χ4v) is 3.60. The van der Waals surface area contributed by atoms with Crippen LogP contribution in [0.15, 0.2) is 18.3 Å². The maximum Gasteiger partial charge on any atom is 0.272 e. The lowest BCUT2D eigenvalue weighted by Gasteiger charge is -2.31. The first-order chi connectivity index (χ1) is 10.7. The van der Waals surface area contributed by atoms with Gasteiger partial charge in [-0.3, -0.25) is 9.78 Å². The van der Waals surface area contributed by atoms with Crippen molar-refractivity contribution in [2.75, 3.05) is 31.1 Å². The number of carbonyl (C=O) groups is 1. The molecule has 0 aliphatic carbocycles. The summed E-state index contributed by atoms with van der Waals surface area (Å²) in [7, 11) is 0. The molecule has 0 saturated carbocycles. The average Bonchev–Trinajstić information content (AvgIpc) is 2.83. The normalized spacial score (nSPS) is 23.2. The number of aromatic nitrogens is 1. The molecule has 1 aromatic rings. The van der Waals surface area contributed by atoms with Crippen molar-refractivity contribution in [3.63, 3.8) is 0 Å². The van der Waals surface area contributed by atoms with Crippen LogP contribution >= 0.6 is 0 Å². The number of amides is 1. The summed E-state index contributed by atoms with van der Waals surface area (Å²) in [4.78, 5) is 21.4. The molecule has 3 rings (SSSR count). The molecule has 1 aromatic heterocycles. The van der Waals surface area contributed by atoms with Crippen LogP contribution in [0.1, 0.15) is 55.9 Å². The van der Waals surface area contributed by atoms with Gasteiger partial charge in [0.1, 0.15) is 5.69 Å². The van der Waals surface area contributed by atoms with E-state index < -0.39 is 0 Å². The van der Waals surface area contributed by atoms with Gasteiger partial charge >= 0.3 is 0 Å². The second-order valence-electron chi connectivity index (χ2n) is 6.80. The standard InChI is InChI=1S/C18H27N3O/c1-15-7-6-12-21(14-15)18(22)17-13-16(8-9-19-17)20-10-4-2-3-5-11-20/h8-9,13,15H,2-7,10-12,14H2,1H3. The monoisotopic (exact) mass is 301 g/mol. The SMILES string of the molecule is CC1CCCN(C(=O)c2cc(N3CCCCCC3)ccn2)C1. The van der Waals surface area contributed by atoms with E-state index in [0.29, 0.717) is 11.6 Å². The Hall–Kier alpha value is -1.58. The zero-order chi connectivity index (χ0) is 15.4. The van der Waals surface area contributed by atoms with Gasteiger partial charge < -0.3 is 9.80 Å². The molecule has 3 heterocycles. The Kier molecular flexibility index (Phi) is 4.96. The highest BCUT2D eigenvalue weighted by atomic mass is 16.2. The van der Waals surface area contributed by atoms with Crippen LogP contribution in [0.25, 0.3) is 0 Å². The van der Waals surface area contributed by atoms with Gasteiger partial charge in [-0.05, 0) is 43.7 Å². The Labute approximate surface area is 133 Å². The van der Waals surface area contributed by atoms with Crippen LogP contribution in [-0.4, -0.2) is 42.0 Å². The zero-order valence-corrected chi connectivity index (χ0v) is 13.6. The Bertz CT molecular complexity index is 509. The van der Waals surface area contributed by atoms with E-state index in [-0.39, 0.29) is 5.91 Å². The van der Waals surface area contributed by atoms with Crippen molar-refractivity contribution in [3.05, 3.63) is 24.0 Å². The van der Waals surface area contributed by atoms with E-state index in [2.05, 4.69) is 16.8 Å². The minimum Gasteiger partial charge on any atom is -0.371 e. The Morgan fingerprint density at radius 3 is 2.64 bits per heavy atom. The topological polar surface area (TPSA) is 36.4 Å². The maximum absolute atomic E-state index is 12.7. The second kappa shape index (κ2) is 7.12. The predicted octanol–water partition coefficient (Wildman–Crippen LogP) is 3.33. The zero-order valence-electron chi connectivity index (χ0n) is 13.6. The minimum absolute atomic E-state index is 0.100. The van der Waals surface area contributed by atoms with Gasteiger partial charge in [0.15, 0.2) is 0 Å². The molecule has 2 saturated heterocycles. The highest BCUT2D eigenvalue weighted by molar-refractivity contribution is 5.93. The Balaban J connectivity index is 1.73. The molecule has 1 amide bonds. The molecule has 2 aliphatic rings. The van der Waals surface area contributed by atoms with Gasteiger partial charge in [0.05, 0.1) is 0 Å². The first kappa shape index (κ1) is 15.3. The third-order valence-corrected chi connectivity index (χ3v) is 4.88. The van der Waals surface area contributed by atoms with Gasteiger partial charge in [-0.15, -0.1) is 0 Å². The molecule has 22 heavy (non-hydrogen) atoms. The summed E-state index contributed by atoms with van der Waals surface area (Å²) >= 11 is 0. The van der Waals surface area contributed by atoms with Gasteiger partial charge in [0.2, 0.25) is 0 Å². The highest BCUT2D eigenvalue weighted by Crippen LogP contribution is 2.22. The van der Waals surface area contributed by atoms with Crippen LogP contribution in [0, 0.1) is 5.92 Å². The maximum atomic E-state index is 12.7. The molecule has 120 valence electrons. The van der Waals surface area contributed by atoms with Gasteiger partial charge in [-0.25, -0.2) is 0 Å². The van der Waals surface area contributed by atoms with E-state index in [4.69, 9.17) is 0 Å². The molecule has 0 aromatic carbocycles. The minimum atomic E-state index is 0.100. The van der Waals surface area contributed by atoms with Crippen LogP contribution < -0.4 is 4.90 Å². The summed E-state index contributed by atoms with van der Waals surface area (Å²) in [5.74, 6) is 0.703. The fourth-order valence-electron chi connectivity index (χ4n) is 3.60.